The zero-order chi connectivity index (χ0) is 16.5. The molecule has 0 fully saturated rings. The van der Waals surface area contributed by atoms with E-state index < -0.39 is 13.2 Å². The van der Waals surface area contributed by atoms with Gasteiger partial charge in [0.15, 0.2) is 0 Å². The number of para-hydroxylation sites is 1. The summed E-state index contributed by atoms with van der Waals surface area (Å²) in [7, 11) is 0. The highest BCUT2D eigenvalue weighted by atomic mass is 16.1. The lowest BCUT2D eigenvalue weighted by Gasteiger charge is -2.11. The molecule has 0 atom stereocenters. The van der Waals surface area contributed by atoms with Crippen molar-refractivity contribution in [3.05, 3.63) is 64.1 Å². The predicted octanol–water partition coefficient (Wildman–Crippen LogP) is 2.96. The number of aryl methyl sites for hydroxylation is 2. The Labute approximate surface area is 109 Å². The molecule has 0 amide bonds. The summed E-state index contributed by atoms with van der Waals surface area (Å²) in [6.07, 6.45) is -0.536. The summed E-state index contributed by atoms with van der Waals surface area (Å²) in [4.78, 5) is 12.1. The van der Waals surface area contributed by atoms with Gasteiger partial charge in [0.2, 0.25) is 0 Å². The SMILES string of the molecule is [2H]C([2H])([2H])C([2H])([2H])c1ccc(=O)n(-c2ccccc2CC)c1. The fraction of sp³-hybridized carbons (Fsp3) is 0.267. The molecular weight excluding hydrogens is 210 g/mol. The maximum atomic E-state index is 12.1. The van der Waals surface area contributed by atoms with E-state index in [0.717, 1.165) is 5.56 Å². The van der Waals surface area contributed by atoms with E-state index in [1.165, 1.54) is 22.9 Å². The zero-order valence-electron chi connectivity index (χ0n) is 14.6. The van der Waals surface area contributed by atoms with Gasteiger partial charge in [-0.1, -0.05) is 38.0 Å². The summed E-state index contributed by atoms with van der Waals surface area (Å²) in [5.41, 5.74) is 1.19. The van der Waals surface area contributed by atoms with Crippen LogP contribution in [-0.4, -0.2) is 4.57 Å². The van der Waals surface area contributed by atoms with Crippen LogP contribution in [0.2, 0.25) is 0 Å². The fourth-order valence-electron chi connectivity index (χ4n) is 1.79. The van der Waals surface area contributed by atoms with Gasteiger partial charge in [-0.05, 0) is 30.0 Å². The number of hydrogen-bond acceptors (Lipinski definition) is 1. The predicted molar refractivity (Wildman–Crippen MR) is 70.8 cm³/mol. The molecule has 0 N–H and O–H groups in total. The second-order valence-electron chi connectivity index (χ2n) is 3.73. The fourth-order valence-corrected chi connectivity index (χ4v) is 1.79. The number of rotatable bonds is 3. The highest BCUT2D eigenvalue weighted by Gasteiger charge is 2.04. The van der Waals surface area contributed by atoms with Crippen molar-refractivity contribution >= 4 is 0 Å². The zero-order valence-corrected chi connectivity index (χ0v) is 9.60. The minimum absolute atomic E-state index is 0.0435. The summed E-state index contributed by atoms with van der Waals surface area (Å²) < 4.78 is 39.0. The van der Waals surface area contributed by atoms with Gasteiger partial charge in [-0.3, -0.25) is 9.36 Å². The minimum Gasteiger partial charge on any atom is -0.284 e. The first-order valence-corrected chi connectivity index (χ1v) is 5.50. The van der Waals surface area contributed by atoms with Crippen LogP contribution in [0, 0.1) is 0 Å². The Bertz CT molecular complexity index is 733. The third-order valence-corrected chi connectivity index (χ3v) is 2.69. The molecule has 0 aliphatic carbocycles. The first-order chi connectivity index (χ1) is 10.2. The summed E-state index contributed by atoms with van der Waals surface area (Å²) in [5, 5.41) is 0. The van der Waals surface area contributed by atoms with Crippen molar-refractivity contribution in [1.29, 1.82) is 0 Å². The highest BCUT2D eigenvalue weighted by molar-refractivity contribution is 5.41. The first kappa shape index (κ1) is 6.80. The van der Waals surface area contributed by atoms with E-state index in [4.69, 9.17) is 6.85 Å². The number of benzene rings is 1. The molecule has 0 aliphatic rings. The van der Waals surface area contributed by atoms with E-state index in [1.807, 2.05) is 19.1 Å². The molecule has 1 heterocycles. The molecule has 0 unspecified atom stereocenters. The Morgan fingerprint density at radius 1 is 1.29 bits per heavy atom. The summed E-state index contributed by atoms with van der Waals surface area (Å²) in [6, 6.07) is 9.72. The van der Waals surface area contributed by atoms with Gasteiger partial charge in [0.1, 0.15) is 0 Å². The summed E-state index contributed by atoms with van der Waals surface area (Å²) >= 11 is 0. The lowest BCUT2D eigenvalue weighted by molar-refractivity contribution is 0.929. The molecule has 1 aromatic heterocycles. The third kappa shape index (κ3) is 2.31. The molecule has 2 rings (SSSR count). The number of nitrogens with zero attached hydrogens (tertiary/aromatic N) is 1. The van der Waals surface area contributed by atoms with Gasteiger partial charge in [-0.25, -0.2) is 0 Å². The Kier molecular flexibility index (Phi) is 2.00. The van der Waals surface area contributed by atoms with Gasteiger partial charge >= 0.3 is 0 Å². The molecule has 0 saturated carbocycles. The lowest BCUT2D eigenvalue weighted by atomic mass is 10.1. The first-order valence-electron chi connectivity index (χ1n) is 8.00. The van der Waals surface area contributed by atoms with Crippen molar-refractivity contribution in [3.8, 4) is 5.69 Å². The summed E-state index contributed by atoms with van der Waals surface area (Å²) in [6.45, 7) is -0.852. The van der Waals surface area contributed by atoms with Crippen LogP contribution in [0.1, 0.15) is 31.8 Å². The van der Waals surface area contributed by atoms with E-state index in [1.54, 1.807) is 12.1 Å². The van der Waals surface area contributed by atoms with Crippen molar-refractivity contribution in [2.75, 3.05) is 0 Å². The molecule has 0 aliphatic heterocycles. The smallest absolute Gasteiger partial charge is 0.255 e. The molecule has 2 heteroatoms. The topological polar surface area (TPSA) is 22.0 Å². The molecule has 2 aromatic rings. The number of hydrogen-bond donors (Lipinski definition) is 0. The monoisotopic (exact) mass is 232 g/mol. The molecule has 0 bridgehead atoms. The van der Waals surface area contributed by atoms with E-state index >= 15 is 0 Å². The van der Waals surface area contributed by atoms with Gasteiger partial charge in [0.05, 0.1) is 5.69 Å². The molecule has 0 radical (unpaired) electrons. The maximum Gasteiger partial charge on any atom is 0.255 e. The van der Waals surface area contributed by atoms with Gasteiger partial charge < -0.3 is 0 Å². The molecule has 2 nitrogen and oxygen atoms in total. The second kappa shape index (κ2) is 5.00. The molecule has 0 spiro atoms. The van der Waals surface area contributed by atoms with Crippen LogP contribution in [0.15, 0.2) is 47.4 Å². The van der Waals surface area contributed by atoms with Crippen LogP contribution in [0.3, 0.4) is 0 Å². The quantitative estimate of drug-likeness (QED) is 0.797. The molecule has 1 aromatic carbocycles. The third-order valence-electron chi connectivity index (χ3n) is 2.69. The largest absolute Gasteiger partial charge is 0.284 e. The molecule has 0 saturated heterocycles. The van der Waals surface area contributed by atoms with Gasteiger partial charge in [-0.2, -0.15) is 0 Å². The summed E-state index contributed by atoms with van der Waals surface area (Å²) in [5.74, 6) is 0. The normalized spacial score (nSPS) is 16.4. The van der Waals surface area contributed by atoms with Crippen molar-refractivity contribution in [2.24, 2.45) is 0 Å². The van der Waals surface area contributed by atoms with Crippen molar-refractivity contribution in [2.45, 2.75) is 26.6 Å². The van der Waals surface area contributed by atoms with Crippen molar-refractivity contribution in [3.63, 3.8) is 0 Å². The van der Waals surface area contributed by atoms with Crippen LogP contribution >= 0.6 is 0 Å². The van der Waals surface area contributed by atoms with E-state index in [-0.39, 0.29) is 11.1 Å². The van der Waals surface area contributed by atoms with Crippen LogP contribution in [-0.2, 0) is 12.8 Å². The standard InChI is InChI=1S/C15H17NO/c1-3-12-9-10-15(17)16(11-12)14-8-6-5-7-13(14)4-2/h5-11H,3-4H2,1-2H3/i1D3,3D2. The number of pyridine rings is 1. The van der Waals surface area contributed by atoms with Crippen LogP contribution < -0.4 is 5.56 Å². The Morgan fingerprint density at radius 2 is 2.12 bits per heavy atom. The maximum absolute atomic E-state index is 12.1. The average molecular weight is 232 g/mol. The van der Waals surface area contributed by atoms with Crippen LogP contribution in [0.25, 0.3) is 5.69 Å². The molecular formula is C15H17NO. The average Bonchev–Trinajstić information content (AvgIpc) is 2.46. The van der Waals surface area contributed by atoms with Crippen LogP contribution in [0.5, 0.6) is 0 Å². The van der Waals surface area contributed by atoms with Gasteiger partial charge in [0, 0.05) is 19.1 Å². The van der Waals surface area contributed by atoms with Gasteiger partial charge in [0.25, 0.3) is 5.56 Å². The Hall–Kier alpha value is -1.83. The van der Waals surface area contributed by atoms with E-state index in [0.29, 0.717) is 12.1 Å². The van der Waals surface area contributed by atoms with Crippen molar-refractivity contribution < 1.29 is 6.85 Å². The van der Waals surface area contributed by atoms with E-state index in [2.05, 4.69) is 0 Å². The number of aromatic nitrogens is 1. The minimum atomic E-state index is -2.81. The second-order valence-corrected chi connectivity index (χ2v) is 3.73. The Balaban J connectivity index is 2.65. The van der Waals surface area contributed by atoms with Crippen LogP contribution in [0.4, 0.5) is 0 Å². The van der Waals surface area contributed by atoms with Gasteiger partial charge in [-0.15, -0.1) is 0 Å². The van der Waals surface area contributed by atoms with E-state index in [9.17, 15) is 4.79 Å². The lowest BCUT2D eigenvalue weighted by Crippen LogP contribution is -2.18. The van der Waals surface area contributed by atoms with Crippen molar-refractivity contribution in [1.82, 2.24) is 4.57 Å². The highest BCUT2D eigenvalue weighted by Crippen LogP contribution is 2.13. The molecule has 17 heavy (non-hydrogen) atoms. The Morgan fingerprint density at radius 3 is 2.88 bits per heavy atom. The molecule has 88 valence electrons.